The Labute approximate surface area is 213 Å². The van der Waals surface area contributed by atoms with Gasteiger partial charge in [0.2, 0.25) is 5.91 Å². The molecule has 0 radical (unpaired) electrons. The zero-order valence-electron chi connectivity index (χ0n) is 19.9. The number of benzene rings is 2. The highest BCUT2D eigenvalue weighted by atomic mass is 32.2. The zero-order chi connectivity index (χ0) is 25.9. The van der Waals surface area contributed by atoms with Crippen molar-refractivity contribution >= 4 is 38.1 Å². The smallest absolute Gasteiger partial charge is 0.251 e. The second kappa shape index (κ2) is 10.4. The summed E-state index contributed by atoms with van der Waals surface area (Å²) in [6.45, 7) is 2.87. The molecule has 0 unspecified atom stereocenters. The highest BCUT2D eigenvalue weighted by Gasteiger charge is 2.20. The van der Waals surface area contributed by atoms with Crippen LogP contribution in [0.2, 0.25) is 0 Å². The van der Waals surface area contributed by atoms with Crippen molar-refractivity contribution in [3.05, 3.63) is 71.9 Å². The van der Waals surface area contributed by atoms with Gasteiger partial charge in [-0.2, -0.15) is 5.10 Å². The molecule has 2 heterocycles. The van der Waals surface area contributed by atoms with E-state index in [9.17, 15) is 18.0 Å². The third-order valence-electron chi connectivity index (χ3n) is 5.40. The van der Waals surface area contributed by atoms with Gasteiger partial charge in [-0.25, -0.2) is 13.4 Å². The van der Waals surface area contributed by atoms with E-state index in [0.29, 0.717) is 10.8 Å². The number of carbonyl (C=O) groups excluding carboxylic acids is 2. The fourth-order valence-corrected chi connectivity index (χ4v) is 5.24. The van der Waals surface area contributed by atoms with Crippen molar-refractivity contribution in [1.29, 1.82) is 0 Å². The van der Waals surface area contributed by atoms with Crippen LogP contribution in [-0.4, -0.2) is 46.8 Å². The van der Waals surface area contributed by atoms with Gasteiger partial charge in [-0.15, -0.1) is 11.3 Å². The number of hydrogen-bond donors (Lipinski definition) is 2. The number of sulfone groups is 1. The molecular weight excluding hydrogens is 498 g/mol. The van der Waals surface area contributed by atoms with Gasteiger partial charge in [0.25, 0.3) is 5.91 Å². The Morgan fingerprint density at radius 3 is 2.53 bits per heavy atom. The molecule has 0 saturated heterocycles. The molecule has 9 nitrogen and oxygen atoms in total. The monoisotopic (exact) mass is 523 g/mol. The van der Waals surface area contributed by atoms with Crippen LogP contribution in [0.1, 0.15) is 24.2 Å². The number of anilines is 1. The highest BCUT2D eigenvalue weighted by molar-refractivity contribution is 7.92. The average molecular weight is 524 g/mol. The summed E-state index contributed by atoms with van der Waals surface area (Å²) in [5.74, 6) is -0.989. The number of carbonyl (C=O) groups is 2. The van der Waals surface area contributed by atoms with Crippen LogP contribution in [0, 0.1) is 0 Å². The number of thiazole rings is 1. The lowest BCUT2D eigenvalue weighted by Crippen LogP contribution is -2.33. The predicted molar refractivity (Wildman–Crippen MR) is 139 cm³/mol. The van der Waals surface area contributed by atoms with Crippen LogP contribution in [0.3, 0.4) is 0 Å². The summed E-state index contributed by atoms with van der Waals surface area (Å²) >= 11 is 1.28. The van der Waals surface area contributed by atoms with E-state index in [1.807, 2.05) is 42.9 Å². The maximum atomic E-state index is 12.5. The molecule has 0 fully saturated rings. The first-order valence-corrected chi connectivity index (χ1v) is 13.5. The molecule has 0 spiro atoms. The molecule has 11 heteroatoms. The van der Waals surface area contributed by atoms with Gasteiger partial charge in [0, 0.05) is 35.3 Å². The third kappa shape index (κ3) is 5.69. The fraction of sp³-hybridized carbons (Fsp3) is 0.200. The summed E-state index contributed by atoms with van der Waals surface area (Å²) in [4.78, 5) is 29.4. The Hall–Kier alpha value is -3.83. The van der Waals surface area contributed by atoms with Crippen molar-refractivity contribution < 1.29 is 18.0 Å². The molecule has 36 heavy (non-hydrogen) atoms. The number of aromatic nitrogens is 3. The molecule has 0 aliphatic rings. The minimum atomic E-state index is -3.51. The predicted octanol–water partition coefficient (Wildman–Crippen LogP) is 3.76. The van der Waals surface area contributed by atoms with E-state index < -0.39 is 26.9 Å². The van der Waals surface area contributed by atoms with Gasteiger partial charge in [0.05, 0.1) is 28.6 Å². The molecule has 0 saturated carbocycles. The minimum Gasteiger partial charge on any atom is -0.343 e. The van der Waals surface area contributed by atoms with Crippen molar-refractivity contribution in [2.75, 3.05) is 11.9 Å². The largest absolute Gasteiger partial charge is 0.343 e. The van der Waals surface area contributed by atoms with Crippen molar-refractivity contribution in [2.45, 2.75) is 24.0 Å². The molecule has 4 aromatic rings. The fourth-order valence-electron chi connectivity index (χ4n) is 3.40. The van der Waals surface area contributed by atoms with Gasteiger partial charge in [-0.1, -0.05) is 24.3 Å². The molecule has 2 aromatic heterocycles. The SMILES string of the molecule is CC(C)S(=O)(=O)c1cccc(C(=O)NCC(=O)Nc2nc(-c3cccc(-c4cnn(C)c4)c3)cs2)c1. The summed E-state index contributed by atoms with van der Waals surface area (Å²) < 4.78 is 26.5. The molecule has 0 atom stereocenters. The van der Waals surface area contributed by atoms with E-state index in [1.165, 1.54) is 35.6 Å². The van der Waals surface area contributed by atoms with Crippen molar-refractivity contribution in [3.63, 3.8) is 0 Å². The average Bonchev–Trinajstić information content (AvgIpc) is 3.51. The highest BCUT2D eigenvalue weighted by Crippen LogP contribution is 2.28. The number of amides is 2. The summed E-state index contributed by atoms with van der Waals surface area (Å²) in [6, 6.07) is 13.6. The first kappa shape index (κ1) is 25.3. The third-order valence-corrected chi connectivity index (χ3v) is 8.31. The van der Waals surface area contributed by atoms with Gasteiger partial charge in [-0.3, -0.25) is 14.3 Å². The molecule has 4 rings (SSSR count). The molecule has 2 N–H and O–H groups in total. The summed E-state index contributed by atoms with van der Waals surface area (Å²) in [5.41, 5.74) is 3.78. The normalized spacial score (nSPS) is 11.4. The second-order valence-electron chi connectivity index (χ2n) is 8.37. The summed E-state index contributed by atoms with van der Waals surface area (Å²) in [7, 11) is -1.65. The molecule has 2 amide bonds. The second-order valence-corrected chi connectivity index (χ2v) is 11.7. The number of nitrogens with one attached hydrogen (secondary N) is 2. The van der Waals surface area contributed by atoms with Crippen LogP contribution in [0.15, 0.2) is 71.2 Å². The van der Waals surface area contributed by atoms with E-state index in [0.717, 1.165) is 16.7 Å². The van der Waals surface area contributed by atoms with Crippen LogP contribution in [0.25, 0.3) is 22.4 Å². The van der Waals surface area contributed by atoms with Crippen LogP contribution < -0.4 is 10.6 Å². The lowest BCUT2D eigenvalue weighted by molar-refractivity contribution is -0.115. The number of hydrogen-bond acceptors (Lipinski definition) is 7. The van der Waals surface area contributed by atoms with E-state index in [2.05, 4.69) is 20.7 Å². The van der Waals surface area contributed by atoms with E-state index in [1.54, 1.807) is 24.7 Å². The van der Waals surface area contributed by atoms with E-state index in [-0.39, 0.29) is 17.0 Å². The number of rotatable bonds is 8. The summed E-state index contributed by atoms with van der Waals surface area (Å²) in [6.07, 6.45) is 3.72. The Morgan fingerprint density at radius 2 is 1.81 bits per heavy atom. The Bertz CT molecular complexity index is 1520. The minimum absolute atomic E-state index is 0.0671. The molecule has 2 aromatic carbocycles. The quantitative estimate of drug-likeness (QED) is 0.363. The lowest BCUT2D eigenvalue weighted by atomic mass is 10.1. The number of nitrogens with zero attached hydrogens (tertiary/aromatic N) is 3. The lowest BCUT2D eigenvalue weighted by Gasteiger charge is -2.10. The molecule has 186 valence electrons. The van der Waals surface area contributed by atoms with E-state index >= 15 is 0 Å². The molecular formula is C25H25N5O4S2. The van der Waals surface area contributed by atoms with Crippen LogP contribution in [0.4, 0.5) is 5.13 Å². The Kier molecular flexibility index (Phi) is 7.32. The van der Waals surface area contributed by atoms with Crippen molar-refractivity contribution in [3.8, 4) is 22.4 Å². The first-order chi connectivity index (χ1) is 17.1. The van der Waals surface area contributed by atoms with Crippen LogP contribution >= 0.6 is 11.3 Å². The van der Waals surface area contributed by atoms with Crippen LogP contribution in [0.5, 0.6) is 0 Å². The van der Waals surface area contributed by atoms with Gasteiger partial charge >= 0.3 is 0 Å². The van der Waals surface area contributed by atoms with Gasteiger partial charge in [0.15, 0.2) is 15.0 Å². The summed E-state index contributed by atoms with van der Waals surface area (Å²) in [5, 5.41) is 11.0. The van der Waals surface area contributed by atoms with Crippen LogP contribution in [-0.2, 0) is 21.7 Å². The van der Waals surface area contributed by atoms with Gasteiger partial charge < -0.3 is 10.6 Å². The first-order valence-electron chi connectivity index (χ1n) is 11.1. The zero-order valence-corrected chi connectivity index (χ0v) is 21.6. The molecule has 0 aliphatic heterocycles. The standard InChI is InChI=1S/C25H25N5O4S2/c1-16(2)36(33,34)21-9-5-8-19(11-21)24(32)26-13-23(31)29-25-28-22(15-35-25)18-7-4-6-17(10-18)20-12-27-30(3)14-20/h4-12,14-16H,13H2,1-3H3,(H,26,32)(H,28,29,31). The maximum Gasteiger partial charge on any atom is 0.251 e. The van der Waals surface area contributed by atoms with Gasteiger partial charge in [-0.05, 0) is 43.7 Å². The Balaban J connectivity index is 1.37. The molecule has 0 bridgehead atoms. The topological polar surface area (TPSA) is 123 Å². The van der Waals surface area contributed by atoms with Gasteiger partial charge in [0.1, 0.15) is 0 Å². The number of aryl methyl sites for hydroxylation is 1. The van der Waals surface area contributed by atoms with Crippen molar-refractivity contribution in [2.24, 2.45) is 7.05 Å². The maximum absolute atomic E-state index is 12.5. The molecule has 0 aliphatic carbocycles. The van der Waals surface area contributed by atoms with Crippen molar-refractivity contribution in [1.82, 2.24) is 20.1 Å². The Morgan fingerprint density at radius 1 is 1.06 bits per heavy atom. The van der Waals surface area contributed by atoms with E-state index in [4.69, 9.17) is 0 Å².